The molecule has 0 spiro atoms. The van der Waals surface area contributed by atoms with Crippen LogP contribution < -0.4 is 11.3 Å². The van der Waals surface area contributed by atoms with E-state index >= 15 is 0 Å². The highest BCUT2D eigenvalue weighted by Crippen LogP contribution is 2.30. The van der Waals surface area contributed by atoms with Gasteiger partial charge in [0.05, 0.1) is 13.0 Å². The fourth-order valence-electron chi connectivity index (χ4n) is 5.27. The summed E-state index contributed by atoms with van der Waals surface area (Å²) in [7, 11) is 0. The van der Waals surface area contributed by atoms with Gasteiger partial charge >= 0.3 is 5.76 Å². The Morgan fingerprint density at radius 1 is 0.795 bits per heavy atom. The number of nitrogens with zero attached hydrogens (tertiary/aromatic N) is 5. The van der Waals surface area contributed by atoms with Gasteiger partial charge in [0.15, 0.2) is 11.6 Å². The quantitative estimate of drug-likeness (QED) is 0.209. The van der Waals surface area contributed by atoms with Gasteiger partial charge in [-0.1, -0.05) is 103 Å². The molecule has 0 bridgehead atoms. The molecule has 0 unspecified atom stereocenters. The summed E-state index contributed by atoms with van der Waals surface area (Å²) in [6.07, 6.45) is 3.40. The Labute approximate surface area is 253 Å². The van der Waals surface area contributed by atoms with Gasteiger partial charge in [-0.2, -0.15) is 4.98 Å². The molecule has 3 aromatic carbocycles. The molecule has 6 aromatic rings. The molecule has 3 heterocycles. The third-order valence-corrected chi connectivity index (χ3v) is 7.57. The summed E-state index contributed by atoms with van der Waals surface area (Å²) < 4.78 is 12.0. The SMILES string of the molecule is CCCCc1nc(C)c(Cc2nc(Cc3ccccc3)no2)c(=O)n1Cc1ccc(-c2ccccc2-c2noc(=O)[nH]2)cc1. The molecule has 44 heavy (non-hydrogen) atoms. The van der Waals surface area contributed by atoms with Crippen LogP contribution in [0.4, 0.5) is 0 Å². The van der Waals surface area contributed by atoms with Crippen molar-refractivity contribution < 1.29 is 9.05 Å². The normalized spacial score (nSPS) is 11.2. The van der Waals surface area contributed by atoms with E-state index in [1.54, 1.807) is 4.57 Å². The maximum absolute atomic E-state index is 14.0. The number of benzene rings is 3. The Kier molecular flexibility index (Phi) is 8.40. The van der Waals surface area contributed by atoms with Crippen LogP contribution in [-0.2, 0) is 25.8 Å². The molecule has 0 radical (unpaired) electrons. The number of aromatic amines is 1. The monoisotopic (exact) mass is 588 g/mol. The third-order valence-electron chi connectivity index (χ3n) is 7.57. The third kappa shape index (κ3) is 6.34. The summed E-state index contributed by atoms with van der Waals surface area (Å²) in [5.41, 5.74) is 5.76. The average molecular weight is 589 g/mol. The summed E-state index contributed by atoms with van der Waals surface area (Å²) in [6.45, 7) is 4.36. The smallest absolute Gasteiger partial charge is 0.339 e. The van der Waals surface area contributed by atoms with Gasteiger partial charge in [0, 0.05) is 29.7 Å². The first kappa shape index (κ1) is 28.7. The number of hydrogen-bond acceptors (Lipinski definition) is 8. The van der Waals surface area contributed by atoms with Crippen molar-refractivity contribution in [3.05, 3.63) is 140 Å². The molecule has 0 fully saturated rings. The molecule has 0 amide bonds. The summed E-state index contributed by atoms with van der Waals surface area (Å²) in [5, 5.41) is 7.98. The molecule has 3 aromatic heterocycles. The van der Waals surface area contributed by atoms with Gasteiger partial charge < -0.3 is 4.52 Å². The Hall–Kier alpha value is -5.38. The van der Waals surface area contributed by atoms with Crippen LogP contribution in [-0.4, -0.2) is 29.8 Å². The first-order valence-corrected chi connectivity index (χ1v) is 14.7. The number of aromatic nitrogens is 6. The van der Waals surface area contributed by atoms with E-state index in [0.717, 1.165) is 46.5 Å². The van der Waals surface area contributed by atoms with Gasteiger partial charge in [0.25, 0.3) is 5.56 Å². The second-order valence-electron chi connectivity index (χ2n) is 10.7. The lowest BCUT2D eigenvalue weighted by Gasteiger charge is -2.16. The molecular formula is C34H32N6O4. The van der Waals surface area contributed by atoms with Gasteiger partial charge in [-0.15, -0.1) is 0 Å². The second kappa shape index (κ2) is 12.9. The van der Waals surface area contributed by atoms with Gasteiger partial charge in [-0.25, -0.2) is 9.78 Å². The molecule has 0 saturated heterocycles. The summed E-state index contributed by atoms with van der Waals surface area (Å²) >= 11 is 0. The minimum atomic E-state index is -0.604. The topological polar surface area (TPSA) is 133 Å². The average Bonchev–Trinajstić information content (AvgIpc) is 3.69. The van der Waals surface area contributed by atoms with Crippen molar-refractivity contribution in [3.63, 3.8) is 0 Å². The molecule has 0 aliphatic rings. The van der Waals surface area contributed by atoms with Crippen molar-refractivity contribution in [2.45, 2.75) is 52.5 Å². The van der Waals surface area contributed by atoms with Crippen LogP contribution in [0.25, 0.3) is 22.5 Å². The Bertz CT molecular complexity index is 1990. The fraction of sp³-hybridized carbons (Fsp3) is 0.235. The van der Waals surface area contributed by atoms with Crippen LogP contribution in [0, 0.1) is 6.92 Å². The molecule has 10 heteroatoms. The van der Waals surface area contributed by atoms with E-state index in [2.05, 4.69) is 27.2 Å². The maximum atomic E-state index is 14.0. The van der Waals surface area contributed by atoms with Crippen molar-refractivity contribution >= 4 is 0 Å². The molecule has 0 atom stereocenters. The fourth-order valence-corrected chi connectivity index (χ4v) is 5.27. The molecule has 0 aliphatic heterocycles. The van der Waals surface area contributed by atoms with Crippen molar-refractivity contribution in [1.29, 1.82) is 0 Å². The van der Waals surface area contributed by atoms with Gasteiger partial charge in [-0.3, -0.25) is 18.9 Å². The minimum Gasteiger partial charge on any atom is -0.339 e. The van der Waals surface area contributed by atoms with Crippen LogP contribution >= 0.6 is 0 Å². The Morgan fingerprint density at radius 2 is 1.55 bits per heavy atom. The highest BCUT2D eigenvalue weighted by molar-refractivity contribution is 5.80. The van der Waals surface area contributed by atoms with Crippen LogP contribution in [0.5, 0.6) is 0 Å². The van der Waals surface area contributed by atoms with Crippen molar-refractivity contribution in [3.8, 4) is 22.5 Å². The van der Waals surface area contributed by atoms with Gasteiger partial charge in [0.2, 0.25) is 5.89 Å². The number of aryl methyl sites for hydroxylation is 2. The summed E-state index contributed by atoms with van der Waals surface area (Å²) in [6, 6.07) is 25.6. The molecule has 10 nitrogen and oxygen atoms in total. The van der Waals surface area contributed by atoms with Crippen LogP contribution in [0.15, 0.2) is 97.5 Å². The maximum Gasteiger partial charge on any atom is 0.439 e. The van der Waals surface area contributed by atoms with Crippen molar-refractivity contribution in [1.82, 2.24) is 29.8 Å². The van der Waals surface area contributed by atoms with Crippen molar-refractivity contribution in [2.24, 2.45) is 0 Å². The highest BCUT2D eigenvalue weighted by Gasteiger charge is 2.18. The van der Waals surface area contributed by atoms with Gasteiger partial charge in [0.1, 0.15) is 5.82 Å². The number of rotatable bonds is 11. The molecule has 222 valence electrons. The Balaban J connectivity index is 1.27. The lowest BCUT2D eigenvalue weighted by atomic mass is 9.98. The number of unbranched alkanes of at least 4 members (excludes halogenated alkanes) is 1. The van der Waals surface area contributed by atoms with E-state index in [9.17, 15) is 9.59 Å². The molecule has 1 N–H and O–H groups in total. The number of hydrogen-bond donors (Lipinski definition) is 1. The van der Waals surface area contributed by atoms with Crippen LogP contribution in [0.1, 0.15) is 59.7 Å². The second-order valence-corrected chi connectivity index (χ2v) is 10.7. The molecular weight excluding hydrogens is 556 g/mol. The lowest BCUT2D eigenvalue weighted by Crippen LogP contribution is -2.30. The zero-order valence-electron chi connectivity index (χ0n) is 24.6. The standard InChI is InChI=1S/C34H32N6O4/c1-3-4-14-30-35-22(2)28(20-31-36-29(38-43-31)19-23-10-6-5-7-11-23)33(41)40(30)21-24-15-17-25(18-16-24)26-12-8-9-13-27(26)32-37-34(42)44-39-32/h5-13,15-18H,3-4,14,19-21H2,1-2H3,(H,37,39,42). The molecule has 0 aliphatic carbocycles. The van der Waals surface area contributed by atoms with E-state index in [-0.39, 0.29) is 12.0 Å². The van der Waals surface area contributed by atoms with E-state index in [1.807, 2.05) is 85.8 Å². The summed E-state index contributed by atoms with van der Waals surface area (Å²) in [5.74, 6) is 1.49. The van der Waals surface area contributed by atoms with Crippen LogP contribution in [0.2, 0.25) is 0 Å². The first-order valence-electron chi connectivity index (χ1n) is 14.7. The zero-order chi connectivity index (χ0) is 30.5. The number of nitrogens with one attached hydrogen (secondary N) is 1. The first-order chi connectivity index (χ1) is 21.5. The molecule has 6 rings (SSSR count). The highest BCUT2D eigenvalue weighted by atomic mass is 16.5. The molecule has 0 saturated carbocycles. The zero-order valence-corrected chi connectivity index (χ0v) is 24.6. The van der Waals surface area contributed by atoms with Crippen molar-refractivity contribution in [2.75, 3.05) is 0 Å². The van der Waals surface area contributed by atoms with E-state index in [1.165, 1.54) is 0 Å². The predicted octanol–water partition coefficient (Wildman–Crippen LogP) is 5.52. The van der Waals surface area contributed by atoms with Crippen LogP contribution in [0.3, 0.4) is 0 Å². The van der Waals surface area contributed by atoms with E-state index in [4.69, 9.17) is 14.0 Å². The summed E-state index contributed by atoms with van der Waals surface area (Å²) in [4.78, 5) is 37.6. The lowest BCUT2D eigenvalue weighted by molar-refractivity contribution is 0.379. The Morgan fingerprint density at radius 3 is 2.27 bits per heavy atom. The van der Waals surface area contributed by atoms with E-state index < -0.39 is 5.76 Å². The predicted molar refractivity (Wildman–Crippen MR) is 165 cm³/mol. The van der Waals surface area contributed by atoms with Gasteiger partial charge in [-0.05, 0) is 35.6 Å². The minimum absolute atomic E-state index is 0.101. The van der Waals surface area contributed by atoms with E-state index in [0.29, 0.717) is 48.2 Å². The number of H-pyrrole nitrogens is 1. The largest absolute Gasteiger partial charge is 0.439 e.